The van der Waals surface area contributed by atoms with Crippen molar-refractivity contribution in [1.29, 1.82) is 0 Å². The maximum absolute atomic E-state index is 13.2. The summed E-state index contributed by atoms with van der Waals surface area (Å²) in [5.41, 5.74) is 5.89. The number of amides is 4. The molecule has 3 N–H and O–H groups in total. The molecule has 2 aliphatic carbocycles. The summed E-state index contributed by atoms with van der Waals surface area (Å²) in [6.07, 6.45) is 8.69. The van der Waals surface area contributed by atoms with Gasteiger partial charge in [0.25, 0.3) is 11.8 Å². The van der Waals surface area contributed by atoms with Crippen molar-refractivity contribution in [2.75, 3.05) is 42.9 Å². The second-order valence-electron chi connectivity index (χ2n) is 12.9. The van der Waals surface area contributed by atoms with Gasteiger partial charge in [-0.25, -0.2) is 0 Å². The average Bonchev–Trinajstić information content (AvgIpc) is 3.74. The Kier molecular flexibility index (Phi) is 6.89. The van der Waals surface area contributed by atoms with Gasteiger partial charge >= 0.3 is 0 Å². The van der Waals surface area contributed by atoms with Crippen molar-refractivity contribution in [3.63, 3.8) is 0 Å². The fourth-order valence-corrected chi connectivity index (χ4v) is 7.12. The summed E-state index contributed by atoms with van der Waals surface area (Å²) in [5.74, 6) is -1.02. The Morgan fingerprint density at radius 3 is 2.51 bits per heavy atom. The first-order valence-corrected chi connectivity index (χ1v) is 16.0. The predicted molar refractivity (Wildman–Crippen MR) is 166 cm³/mol. The van der Waals surface area contributed by atoms with E-state index in [1.54, 1.807) is 18.2 Å². The summed E-state index contributed by atoms with van der Waals surface area (Å²) < 4.78 is 2.17. The standard InChI is InChI=1S/C33H36N8O4/c42-28-8-7-27(31(43)37-28)41-32(44)23-6-5-21(16-24(23)33(41)45)36-17-19-14-22(15-19)40-18-25(29(38-40)20-3-4-20)30-26(2-1-9-35-30)39-12-10-34-11-13-39/h1-2,5-6,9,16,18-20,22,27,34,36H,3-4,7-8,10-15,17H2,(H,37,42,43)/t19-,22-,27?. The van der Waals surface area contributed by atoms with Crippen LogP contribution in [0.1, 0.15) is 76.9 Å². The number of fused-ring (bicyclic) bond motifs is 1. The van der Waals surface area contributed by atoms with Gasteiger partial charge in [-0.2, -0.15) is 5.10 Å². The third kappa shape index (κ3) is 5.06. The molecule has 45 heavy (non-hydrogen) atoms. The smallest absolute Gasteiger partial charge is 0.262 e. The Bertz CT molecular complexity index is 1700. The first-order chi connectivity index (χ1) is 21.9. The lowest BCUT2D eigenvalue weighted by Crippen LogP contribution is -2.54. The molecule has 4 fully saturated rings. The van der Waals surface area contributed by atoms with E-state index in [1.165, 1.54) is 24.2 Å². The molecule has 5 heterocycles. The van der Waals surface area contributed by atoms with Crippen molar-refractivity contribution in [2.24, 2.45) is 5.92 Å². The number of imide groups is 2. The van der Waals surface area contributed by atoms with Gasteiger partial charge in [0.2, 0.25) is 11.8 Å². The molecule has 232 valence electrons. The van der Waals surface area contributed by atoms with Gasteiger partial charge in [0.1, 0.15) is 6.04 Å². The van der Waals surface area contributed by atoms with Crippen molar-refractivity contribution in [3.8, 4) is 11.3 Å². The molecule has 8 rings (SSSR count). The van der Waals surface area contributed by atoms with Crippen LogP contribution in [0.3, 0.4) is 0 Å². The third-order valence-electron chi connectivity index (χ3n) is 9.84. The van der Waals surface area contributed by atoms with Crippen molar-refractivity contribution >= 4 is 35.0 Å². The van der Waals surface area contributed by atoms with Gasteiger partial charge in [0.15, 0.2) is 0 Å². The van der Waals surface area contributed by atoms with Gasteiger partial charge < -0.3 is 15.5 Å². The van der Waals surface area contributed by atoms with Gasteiger partial charge in [0, 0.05) is 68.7 Å². The molecular formula is C33H36N8O4. The maximum atomic E-state index is 13.2. The zero-order valence-corrected chi connectivity index (χ0v) is 25.0. The number of hydrogen-bond acceptors (Lipinski definition) is 9. The first kappa shape index (κ1) is 27.9. The third-order valence-corrected chi connectivity index (χ3v) is 9.84. The molecule has 12 nitrogen and oxygen atoms in total. The first-order valence-electron chi connectivity index (χ1n) is 16.0. The minimum atomic E-state index is -0.965. The highest BCUT2D eigenvalue weighted by atomic mass is 16.2. The summed E-state index contributed by atoms with van der Waals surface area (Å²) in [5, 5.41) is 14.2. The van der Waals surface area contributed by atoms with Crippen molar-refractivity contribution in [1.82, 2.24) is 30.3 Å². The number of benzene rings is 1. The van der Waals surface area contributed by atoms with Crippen LogP contribution in [0.5, 0.6) is 0 Å². The maximum Gasteiger partial charge on any atom is 0.262 e. The average molecular weight is 609 g/mol. The number of anilines is 2. The van der Waals surface area contributed by atoms with E-state index in [9.17, 15) is 19.2 Å². The highest BCUT2D eigenvalue weighted by Crippen LogP contribution is 2.47. The van der Waals surface area contributed by atoms with Crippen molar-refractivity contribution < 1.29 is 19.2 Å². The molecule has 1 atom stereocenters. The number of piperazine rings is 1. The molecule has 3 aliphatic heterocycles. The number of piperidine rings is 1. The monoisotopic (exact) mass is 608 g/mol. The van der Waals surface area contributed by atoms with E-state index in [4.69, 9.17) is 10.1 Å². The Hall–Kier alpha value is -4.58. The summed E-state index contributed by atoms with van der Waals surface area (Å²) in [4.78, 5) is 58.4. The largest absolute Gasteiger partial charge is 0.385 e. The summed E-state index contributed by atoms with van der Waals surface area (Å²) in [6.45, 7) is 4.62. The van der Waals surface area contributed by atoms with Crippen LogP contribution in [-0.4, -0.2) is 82.1 Å². The number of nitrogens with zero attached hydrogens (tertiary/aromatic N) is 5. The van der Waals surface area contributed by atoms with E-state index < -0.39 is 23.8 Å². The highest BCUT2D eigenvalue weighted by molar-refractivity contribution is 6.23. The van der Waals surface area contributed by atoms with E-state index in [1.807, 2.05) is 12.3 Å². The minimum Gasteiger partial charge on any atom is -0.385 e. The van der Waals surface area contributed by atoms with Crippen LogP contribution >= 0.6 is 0 Å². The van der Waals surface area contributed by atoms with Crippen LogP contribution in [0.2, 0.25) is 0 Å². The zero-order chi connectivity index (χ0) is 30.7. The molecule has 2 saturated carbocycles. The Labute approximate surface area is 260 Å². The molecule has 1 unspecified atom stereocenters. The van der Waals surface area contributed by atoms with Crippen molar-refractivity contribution in [2.45, 2.75) is 56.5 Å². The summed E-state index contributed by atoms with van der Waals surface area (Å²) in [7, 11) is 0. The normalized spacial score (nSPS) is 24.8. The van der Waals surface area contributed by atoms with Gasteiger partial charge in [-0.15, -0.1) is 0 Å². The molecule has 0 radical (unpaired) electrons. The second kappa shape index (κ2) is 11.1. The number of aromatic nitrogens is 3. The lowest BCUT2D eigenvalue weighted by atomic mass is 9.80. The number of carbonyl (C=O) groups is 4. The lowest BCUT2D eigenvalue weighted by Gasteiger charge is -2.35. The van der Waals surface area contributed by atoms with Crippen LogP contribution in [0.4, 0.5) is 11.4 Å². The van der Waals surface area contributed by atoms with E-state index in [2.05, 4.69) is 37.8 Å². The van der Waals surface area contributed by atoms with E-state index in [-0.39, 0.29) is 29.9 Å². The molecule has 2 aromatic heterocycles. The fraction of sp³-hybridized carbons (Fsp3) is 0.455. The van der Waals surface area contributed by atoms with Crippen LogP contribution in [-0.2, 0) is 9.59 Å². The van der Waals surface area contributed by atoms with Crippen molar-refractivity contribution in [3.05, 3.63) is 59.5 Å². The zero-order valence-electron chi connectivity index (χ0n) is 25.0. The predicted octanol–water partition coefficient (Wildman–Crippen LogP) is 2.70. The van der Waals surface area contributed by atoms with E-state index >= 15 is 0 Å². The molecule has 4 amide bonds. The molecule has 5 aliphatic rings. The number of carbonyl (C=O) groups excluding carboxylic acids is 4. The molecular weight excluding hydrogens is 572 g/mol. The Morgan fingerprint density at radius 1 is 0.933 bits per heavy atom. The summed E-state index contributed by atoms with van der Waals surface area (Å²) in [6, 6.07) is 8.71. The quantitative estimate of drug-likeness (QED) is 0.329. The Balaban J connectivity index is 0.924. The topological polar surface area (TPSA) is 142 Å². The van der Waals surface area contributed by atoms with Crippen LogP contribution in [0, 0.1) is 5.92 Å². The van der Waals surface area contributed by atoms with Gasteiger partial charge in [-0.3, -0.25) is 39.1 Å². The molecule has 0 bridgehead atoms. The van der Waals surface area contributed by atoms with Crippen LogP contribution in [0.15, 0.2) is 42.7 Å². The molecule has 3 aromatic rings. The number of nitrogens with one attached hydrogen (secondary N) is 3. The lowest BCUT2D eigenvalue weighted by molar-refractivity contribution is -0.136. The number of pyridine rings is 1. The number of rotatable bonds is 8. The molecule has 1 aromatic carbocycles. The van der Waals surface area contributed by atoms with Gasteiger partial charge in [-0.05, 0) is 68.4 Å². The van der Waals surface area contributed by atoms with E-state index in [0.29, 0.717) is 17.9 Å². The Morgan fingerprint density at radius 2 is 1.73 bits per heavy atom. The number of hydrogen-bond donors (Lipinski definition) is 3. The highest BCUT2D eigenvalue weighted by Gasteiger charge is 2.44. The fourth-order valence-electron chi connectivity index (χ4n) is 7.12. The minimum absolute atomic E-state index is 0.0987. The van der Waals surface area contributed by atoms with Crippen LogP contribution < -0.4 is 20.9 Å². The van der Waals surface area contributed by atoms with Gasteiger partial charge in [0.05, 0.1) is 34.2 Å². The molecule has 2 saturated heterocycles. The van der Waals surface area contributed by atoms with Gasteiger partial charge in [-0.1, -0.05) is 0 Å². The van der Waals surface area contributed by atoms with E-state index in [0.717, 1.165) is 67.4 Å². The summed E-state index contributed by atoms with van der Waals surface area (Å²) >= 11 is 0. The second-order valence-corrected chi connectivity index (χ2v) is 12.9. The molecule has 0 spiro atoms. The molecule has 12 heteroatoms. The van der Waals surface area contributed by atoms with Crippen LogP contribution in [0.25, 0.3) is 11.3 Å². The SMILES string of the molecule is O=C1CCC(N2C(=O)c3ccc(NC[C@H]4C[C@H](n5cc(-c6ncccc6N6CCNCC6)c(C6CC6)n5)C4)cc3C2=O)C(=O)N1.